The summed E-state index contributed by atoms with van der Waals surface area (Å²) in [4.78, 5) is 0. The summed E-state index contributed by atoms with van der Waals surface area (Å²) in [6.45, 7) is 3.29. The van der Waals surface area contributed by atoms with E-state index in [0.29, 0.717) is 6.54 Å². The van der Waals surface area contributed by atoms with Crippen LogP contribution in [-0.4, -0.2) is 6.54 Å². The van der Waals surface area contributed by atoms with E-state index in [4.69, 9.17) is 5.73 Å². The van der Waals surface area contributed by atoms with Gasteiger partial charge in [-0.15, -0.1) is 0 Å². The van der Waals surface area contributed by atoms with Crippen molar-refractivity contribution in [1.82, 2.24) is 0 Å². The lowest BCUT2D eigenvalue weighted by Crippen LogP contribution is -2.03. The number of hydrogen-bond donors (Lipinski definition) is 2. The van der Waals surface area contributed by atoms with Crippen molar-refractivity contribution in [3.05, 3.63) is 29.6 Å². The summed E-state index contributed by atoms with van der Waals surface area (Å²) in [6.07, 6.45) is 1.02. The van der Waals surface area contributed by atoms with Gasteiger partial charge < -0.3 is 11.1 Å². The summed E-state index contributed by atoms with van der Waals surface area (Å²) >= 11 is 0. The first-order valence-electron chi connectivity index (χ1n) is 4.49. The van der Waals surface area contributed by atoms with Gasteiger partial charge in [0, 0.05) is 18.8 Å². The molecule has 0 aliphatic heterocycles. The van der Waals surface area contributed by atoms with E-state index in [1.807, 2.05) is 6.07 Å². The second-order valence-corrected chi connectivity index (χ2v) is 2.98. The molecule has 0 saturated carbocycles. The van der Waals surface area contributed by atoms with E-state index in [9.17, 15) is 4.39 Å². The van der Waals surface area contributed by atoms with Crippen molar-refractivity contribution in [2.75, 3.05) is 11.9 Å². The molecule has 0 heterocycles. The second-order valence-electron chi connectivity index (χ2n) is 2.98. The molecule has 0 fully saturated rings. The van der Waals surface area contributed by atoms with Crippen molar-refractivity contribution in [2.45, 2.75) is 19.9 Å². The molecule has 0 radical (unpaired) electrons. The van der Waals surface area contributed by atoms with Crippen molar-refractivity contribution in [2.24, 2.45) is 5.73 Å². The van der Waals surface area contributed by atoms with Gasteiger partial charge in [-0.1, -0.05) is 6.92 Å². The lowest BCUT2D eigenvalue weighted by Gasteiger charge is -2.06. The van der Waals surface area contributed by atoms with Crippen molar-refractivity contribution in [3.63, 3.8) is 0 Å². The highest BCUT2D eigenvalue weighted by atomic mass is 19.1. The largest absolute Gasteiger partial charge is 0.385 e. The van der Waals surface area contributed by atoms with E-state index >= 15 is 0 Å². The average Bonchev–Trinajstić information content (AvgIpc) is 2.14. The standard InChI is InChI=1S/C10H15FN2/c1-2-3-13-10-5-8(7-12)4-9(11)6-10/h4-6,13H,2-3,7,12H2,1H3. The monoisotopic (exact) mass is 182 g/mol. The molecule has 72 valence electrons. The molecule has 0 unspecified atom stereocenters. The maximum Gasteiger partial charge on any atom is 0.125 e. The summed E-state index contributed by atoms with van der Waals surface area (Å²) in [5.74, 6) is -0.235. The Balaban J connectivity index is 2.76. The summed E-state index contributed by atoms with van der Waals surface area (Å²) in [5, 5.41) is 3.11. The fourth-order valence-corrected chi connectivity index (χ4v) is 1.14. The molecule has 0 bridgehead atoms. The Morgan fingerprint density at radius 1 is 1.38 bits per heavy atom. The number of halogens is 1. The Hall–Kier alpha value is -1.09. The van der Waals surface area contributed by atoms with Gasteiger partial charge in [0.2, 0.25) is 0 Å². The Kier molecular flexibility index (Phi) is 3.71. The van der Waals surface area contributed by atoms with Crippen LogP contribution in [-0.2, 0) is 6.54 Å². The van der Waals surface area contributed by atoms with E-state index in [2.05, 4.69) is 12.2 Å². The quantitative estimate of drug-likeness (QED) is 0.748. The third-order valence-corrected chi connectivity index (χ3v) is 1.77. The van der Waals surface area contributed by atoms with Crippen molar-refractivity contribution in [1.29, 1.82) is 0 Å². The van der Waals surface area contributed by atoms with Crippen LogP contribution < -0.4 is 11.1 Å². The normalized spacial score (nSPS) is 10.1. The topological polar surface area (TPSA) is 38.0 Å². The third-order valence-electron chi connectivity index (χ3n) is 1.77. The number of benzene rings is 1. The van der Waals surface area contributed by atoms with Crippen molar-refractivity contribution in [3.8, 4) is 0 Å². The predicted octanol–water partition coefficient (Wildman–Crippen LogP) is 2.11. The molecule has 13 heavy (non-hydrogen) atoms. The van der Waals surface area contributed by atoms with Crippen LogP contribution >= 0.6 is 0 Å². The molecule has 0 atom stereocenters. The molecule has 0 aromatic heterocycles. The van der Waals surface area contributed by atoms with Crippen LogP contribution in [0.4, 0.5) is 10.1 Å². The van der Waals surface area contributed by atoms with Crippen molar-refractivity contribution >= 4 is 5.69 Å². The van der Waals surface area contributed by atoms with Crippen LogP contribution in [0.25, 0.3) is 0 Å². The molecule has 1 aromatic rings. The van der Waals surface area contributed by atoms with Gasteiger partial charge in [0.15, 0.2) is 0 Å². The van der Waals surface area contributed by atoms with Gasteiger partial charge in [0.1, 0.15) is 5.82 Å². The molecule has 0 saturated heterocycles. The molecule has 2 nitrogen and oxygen atoms in total. The molecule has 1 rings (SSSR count). The molecular weight excluding hydrogens is 167 g/mol. The minimum absolute atomic E-state index is 0.235. The molecule has 3 heteroatoms. The first kappa shape index (κ1) is 9.99. The Morgan fingerprint density at radius 3 is 2.77 bits per heavy atom. The summed E-state index contributed by atoms with van der Waals surface area (Å²) in [7, 11) is 0. The van der Waals surface area contributed by atoms with Crippen LogP contribution in [0.2, 0.25) is 0 Å². The molecule has 0 aliphatic carbocycles. The first-order valence-corrected chi connectivity index (χ1v) is 4.49. The third kappa shape index (κ3) is 3.03. The first-order chi connectivity index (χ1) is 6.26. The highest BCUT2D eigenvalue weighted by Gasteiger charge is 1.98. The van der Waals surface area contributed by atoms with E-state index in [-0.39, 0.29) is 5.82 Å². The smallest absolute Gasteiger partial charge is 0.125 e. The summed E-state index contributed by atoms with van der Waals surface area (Å²) < 4.78 is 12.9. The fraction of sp³-hybridized carbons (Fsp3) is 0.400. The number of nitrogens with two attached hydrogens (primary N) is 1. The van der Waals surface area contributed by atoms with Crippen LogP contribution in [0.3, 0.4) is 0 Å². The van der Waals surface area contributed by atoms with Crippen LogP contribution in [0.1, 0.15) is 18.9 Å². The van der Waals surface area contributed by atoms with Crippen LogP contribution in [0.15, 0.2) is 18.2 Å². The zero-order valence-corrected chi connectivity index (χ0v) is 7.81. The molecule has 1 aromatic carbocycles. The van der Waals surface area contributed by atoms with Gasteiger partial charge in [0.05, 0.1) is 0 Å². The van der Waals surface area contributed by atoms with E-state index < -0.39 is 0 Å². The van der Waals surface area contributed by atoms with Gasteiger partial charge in [0.25, 0.3) is 0 Å². The Labute approximate surface area is 77.9 Å². The molecule has 0 spiro atoms. The summed E-state index contributed by atoms with van der Waals surface area (Å²) in [6, 6.07) is 4.81. The molecule has 0 amide bonds. The second kappa shape index (κ2) is 4.82. The lowest BCUT2D eigenvalue weighted by atomic mass is 10.2. The SMILES string of the molecule is CCCNc1cc(F)cc(CN)c1. The Bertz CT molecular complexity index is 274. The highest BCUT2D eigenvalue weighted by molar-refractivity contribution is 5.46. The fourth-order valence-electron chi connectivity index (χ4n) is 1.14. The maximum atomic E-state index is 12.9. The zero-order valence-electron chi connectivity index (χ0n) is 7.81. The minimum atomic E-state index is -0.235. The van der Waals surface area contributed by atoms with Gasteiger partial charge in [-0.3, -0.25) is 0 Å². The summed E-state index contributed by atoms with van der Waals surface area (Å²) in [5.41, 5.74) is 7.05. The predicted molar refractivity (Wildman–Crippen MR) is 53.1 cm³/mol. The number of anilines is 1. The van der Waals surface area contributed by atoms with Gasteiger partial charge in [-0.05, 0) is 30.2 Å². The molecule has 3 N–H and O–H groups in total. The van der Waals surface area contributed by atoms with Gasteiger partial charge in [-0.25, -0.2) is 4.39 Å². The number of rotatable bonds is 4. The zero-order chi connectivity index (χ0) is 9.68. The van der Waals surface area contributed by atoms with E-state index in [1.165, 1.54) is 12.1 Å². The lowest BCUT2D eigenvalue weighted by molar-refractivity contribution is 0.626. The highest BCUT2D eigenvalue weighted by Crippen LogP contribution is 2.13. The Morgan fingerprint density at radius 2 is 2.15 bits per heavy atom. The van der Waals surface area contributed by atoms with Crippen molar-refractivity contribution < 1.29 is 4.39 Å². The van der Waals surface area contributed by atoms with Gasteiger partial charge in [-0.2, -0.15) is 0 Å². The maximum absolute atomic E-state index is 12.9. The van der Waals surface area contributed by atoms with Gasteiger partial charge >= 0.3 is 0 Å². The van der Waals surface area contributed by atoms with Crippen LogP contribution in [0.5, 0.6) is 0 Å². The molecule has 0 aliphatic rings. The van der Waals surface area contributed by atoms with Crippen LogP contribution in [0, 0.1) is 5.82 Å². The molecular formula is C10H15FN2. The van der Waals surface area contributed by atoms with E-state index in [0.717, 1.165) is 24.2 Å². The number of nitrogens with one attached hydrogen (secondary N) is 1. The number of hydrogen-bond acceptors (Lipinski definition) is 2. The minimum Gasteiger partial charge on any atom is -0.385 e. The average molecular weight is 182 g/mol. The van der Waals surface area contributed by atoms with E-state index in [1.54, 1.807) is 0 Å².